The number of ether oxygens (including phenoxy) is 1. The first kappa shape index (κ1) is 14.5. The Hall–Kier alpha value is -1.90. The molecule has 0 aliphatic heterocycles. The van der Waals surface area contributed by atoms with Gasteiger partial charge in [0.25, 0.3) is 5.91 Å². The van der Waals surface area contributed by atoms with E-state index in [4.69, 9.17) is 9.84 Å². The van der Waals surface area contributed by atoms with E-state index in [0.717, 1.165) is 19.3 Å². The first-order valence-corrected chi connectivity index (χ1v) is 6.58. The number of pyridine rings is 1. The molecule has 0 saturated heterocycles. The van der Waals surface area contributed by atoms with Crippen LogP contribution in [0.3, 0.4) is 0 Å². The molecule has 0 radical (unpaired) electrons. The summed E-state index contributed by atoms with van der Waals surface area (Å²) in [6.45, 7) is 0.250. The lowest BCUT2D eigenvalue weighted by molar-refractivity contribution is -0.0679. The second-order valence-corrected chi connectivity index (χ2v) is 4.80. The highest BCUT2D eigenvalue weighted by molar-refractivity contribution is 5.96. The molecule has 0 bridgehead atoms. The third kappa shape index (κ3) is 3.16. The van der Waals surface area contributed by atoms with Crippen molar-refractivity contribution in [1.82, 2.24) is 10.3 Å². The van der Waals surface area contributed by atoms with Gasteiger partial charge in [0.1, 0.15) is 6.61 Å². The quantitative estimate of drug-likeness (QED) is 0.794. The highest BCUT2D eigenvalue weighted by Crippen LogP contribution is 2.34. The van der Waals surface area contributed by atoms with Crippen LogP contribution >= 0.6 is 0 Å². The molecular weight excluding hydrogens is 256 g/mol. The Morgan fingerprint density at radius 1 is 1.60 bits per heavy atom. The van der Waals surface area contributed by atoms with Gasteiger partial charge in [0, 0.05) is 26.0 Å². The van der Waals surface area contributed by atoms with Gasteiger partial charge in [-0.15, -0.1) is 0 Å². The second-order valence-electron chi connectivity index (χ2n) is 4.80. The molecule has 1 amide bonds. The predicted octanol–water partition coefficient (Wildman–Crippen LogP) is 0.724. The van der Waals surface area contributed by atoms with Crippen molar-refractivity contribution in [3.8, 4) is 11.8 Å². The summed E-state index contributed by atoms with van der Waals surface area (Å²) in [5.74, 6) is 5.06. The lowest BCUT2D eigenvalue weighted by Crippen LogP contribution is -2.49. The highest BCUT2D eigenvalue weighted by atomic mass is 16.5. The van der Waals surface area contributed by atoms with Gasteiger partial charge < -0.3 is 15.2 Å². The van der Waals surface area contributed by atoms with Crippen LogP contribution in [0, 0.1) is 11.8 Å². The van der Waals surface area contributed by atoms with Crippen molar-refractivity contribution in [1.29, 1.82) is 0 Å². The molecule has 106 valence electrons. The van der Waals surface area contributed by atoms with E-state index in [9.17, 15) is 4.79 Å². The molecule has 0 atom stereocenters. The van der Waals surface area contributed by atoms with Crippen LogP contribution in [0.15, 0.2) is 18.5 Å². The largest absolute Gasteiger partial charge is 0.384 e. The lowest BCUT2D eigenvalue weighted by atomic mass is 9.80. The first-order valence-electron chi connectivity index (χ1n) is 6.58. The summed E-state index contributed by atoms with van der Waals surface area (Å²) in [6, 6.07) is 1.62. The number of amides is 1. The number of carbonyl (C=O) groups excluding carboxylic acids is 1. The number of methoxy groups -OCH3 is 1. The maximum Gasteiger partial charge on any atom is 0.252 e. The summed E-state index contributed by atoms with van der Waals surface area (Å²) in [4.78, 5) is 16.2. The zero-order valence-corrected chi connectivity index (χ0v) is 11.5. The van der Waals surface area contributed by atoms with Gasteiger partial charge >= 0.3 is 0 Å². The number of nitrogens with one attached hydrogen (secondary N) is 1. The molecule has 1 aromatic heterocycles. The average Bonchev–Trinajstić information content (AvgIpc) is 2.44. The monoisotopic (exact) mass is 274 g/mol. The van der Waals surface area contributed by atoms with Crippen LogP contribution in [0.25, 0.3) is 0 Å². The Kier molecular flexibility index (Phi) is 4.72. The molecule has 2 N–H and O–H groups in total. The Morgan fingerprint density at radius 2 is 2.40 bits per heavy atom. The highest BCUT2D eigenvalue weighted by Gasteiger charge is 2.37. The van der Waals surface area contributed by atoms with E-state index >= 15 is 0 Å². The summed E-state index contributed by atoms with van der Waals surface area (Å²) in [5, 5.41) is 11.6. The normalized spacial score (nSPS) is 15.7. The molecule has 20 heavy (non-hydrogen) atoms. The van der Waals surface area contributed by atoms with E-state index in [2.05, 4.69) is 22.1 Å². The SMILES string of the molecule is COC1(CNC(=O)c2ccncc2C#CCO)CCC1. The summed E-state index contributed by atoms with van der Waals surface area (Å²) < 4.78 is 5.47. The van der Waals surface area contributed by atoms with E-state index < -0.39 is 0 Å². The fourth-order valence-corrected chi connectivity index (χ4v) is 2.19. The van der Waals surface area contributed by atoms with Crippen LogP contribution in [-0.2, 0) is 4.74 Å². The number of aliphatic hydroxyl groups excluding tert-OH is 1. The van der Waals surface area contributed by atoms with Crippen LogP contribution in [0.1, 0.15) is 35.2 Å². The molecular formula is C15H18N2O3. The topological polar surface area (TPSA) is 71.5 Å². The van der Waals surface area contributed by atoms with Gasteiger partial charge in [0.05, 0.1) is 16.7 Å². The predicted molar refractivity (Wildman–Crippen MR) is 74.1 cm³/mol. The fourth-order valence-electron chi connectivity index (χ4n) is 2.19. The lowest BCUT2D eigenvalue weighted by Gasteiger charge is -2.40. The fraction of sp³-hybridized carbons (Fsp3) is 0.467. The molecule has 1 heterocycles. The number of aromatic nitrogens is 1. The molecule has 2 rings (SSSR count). The molecule has 0 unspecified atom stereocenters. The van der Waals surface area contributed by atoms with Crippen molar-refractivity contribution >= 4 is 5.91 Å². The molecule has 0 spiro atoms. The molecule has 1 saturated carbocycles. The van der Waals surface area contributed by atoms with Gasteiger partial charge in [0.2, 0.25) is 0 Å². The number of nitrogens with zero attached hydrogens (tertiary/aromatic N) is 1. The zero-order valence-electron chi connectivity index (χ0n) is 11.5. The van der Waals surface area contributed by atoms with Crippen molar-refractivity contribution in [2.75, 3.05) is 20.3 Å². The van der Waals surface area contributed by atoms with E-state index in [1.807, 2.05) is 0 Å². The second kappa shape index (κ2) is 6.51. The van der Waals surface area contributed by atoms with Crippen LogP contribution < -0.4 is 5.32 Å². The van der Waals surface area contributed by atoms with Crippen molar-refractivity contribution in [3.05, 3.63) is 29.6 Å². The van der Waals surface area contributed by atoms with Crippen LogP contribution in [-0.4, -0.2) is 41.9 Å². The van der Waals surface area contributed by atoms with Crippen molar-refractivity contribution < 1.29 is 14.6 Å². The van der Waals surface area contributed by atoms with Gasteiger partial charge in [-0.3, -0.25) is 9.78 Å². The number of carbonyl (C=O) groups is 1. The summed E-state index contributed by atoms with van der Waals surface area (Å²) >= 11 is 0. The van der Waals surface area contributed by atoms with E-state index in [0.29, 0.717) is 17.7 Å². The smallest absolute Gasteiger partial charge is 0.252 e. The van der Waals surface area contributed by atoms with Crippen LogP contribution in [0.2, 0.25) is 0 Å². The Balaban J connectivity index is 2.05. The molecule has 1 aromatic rings. The minimum Gasteiger partial charge on any atom is -0.384 e. The Labute approximate surface area is 118 Å². The van der Waals surface area contributed by atoms with Crippen molar-refractivity contribution in [3.63, 3.8) is 0 Å². The summed E-state index contributed by atoms with van der Waals surface area (Å²) in [5.41, 5.74) is 0.769. The Morgan fingerprint density at radius 3 is 3.00 bits per heavy atom. The molecule has 5 nitrogen and oxygen atoms in total. The maximum absolute atomic E-state index is 12.2. The third-order valence-electron chi connectivity index (χ3n) is 3.64. The van der Waals surface area contributed by atoms with E-state index in [1.165, 1.54) is 6.20 Å². The van der Waals surface area contributed by atoms with Crippen molar-refractivity contribution in [2.24, 2.45) is 0 Å². The van der Waals surface area contributed by atoms with E-state index in [-0.39, 0.29) is 18.1 Å². The van der Waals surface area contributed by atoms with Crippen LogP contribution in [0.5, 0.6) is 0 Å². The molecule has 1 fully saturated rings. The molecule has 1 aliphatic rings. The number of hydrogen-bond acceptors (Lipinski definition) is 4. The summed E-state index contributed by atoms with van der Waals surface area (Å²) in [6.07, 6.45) is 6.14. The van der Waals surface area contributed by atoms with Crippen LogP contribution in [0.4, 0.5) is 0 Å². The average molecular weight is 274 g/mol. The Bertz CT molecular complexity index is 536. The number of hydrogen-bond donors (Lipinski definition) is 2. The minimum absolute atomic E-state index is 0.196. The third-order valence-corrected chi connectivity index (χ3v) is 3.64. The minimum atomic E-state index is -0.247. The molecule has 5 heteroatoms. The van der Waals surface area contributed by atoms with Gasteiger partial charge in [-0.1, -0.05) is 11.8 Å². The van der Waals surface area contributed by atoms with Gasteiger partial charge in [-0.05, 0) is 25.3 Å². The number of rotatable bonds is 4. The zero-order chi connectivity index (χ0) is 14.4. The first-order chi connectivity index (χ1) is 9.71. The standard InChI is InChI=1S/C15H18N2O3/c1-20-15(6-3-7-15)11-17-14(19)13-5-8-16-10-12(13)4-2-9-18/h5,8,10,18H,3,6-7,9,11H2,1H3,(H,17,19). The van der Waals surface area contributed by atoms with Gasteiger partial charge in [-0.25, -0.2) is 0 Å². The molecule has 1 aliphatic carbocycles. The molecule has 0 aromatic carbocycles. The summed E-state index contributed by atoms with van der Waals surface area (Å²) in [7, 11) is 1.68. The van der Waals surface area contributed by atoms with Gasteiger partial charge in [0.15, 0.2) is 0 Å². The van der Waals surface area contributed by atoms with Gasteiger partial charge in [-0.2, -0.15) is 0 Å². The van der Waals surface area contributed by atoms with Crippen molar-refractivity contribution in [2.45, 2.75) is 24.9 Å². The maximum atomic E-state index is 12.2. The number of aliphatic hydroxyl groups is 1. The van der Waals surface area contributed by atoms with E-state index in [1.54, 1.807) is 19.4 Å².